The van der Waals surface area contributed by atoms with Gasteiger partial charge in [-0.1, -0.05) is 13.8 Å². The van der Waals surface area contributed by atoms with E-state index in [1.54, 1.807) is 0 Å². The van der Waals surface area contributed by atoms with Crippen molar-refractivity contribution in [1.82, 2.24) is 15.5 Å². The van der Waals surface area contributed by atoms with E-state index in [0.29, 0.717) is 11.5 Å². The Bertz CT molecular complexity index is 252. The molecular formula is C11H21N3O. The van der Waals surface area contributed by atoms with E-state index in [1.165, 1.54) is 12.8 Å². The van der Waals surface area contributed by atoms with Gasteiger partial charge in [-0.25, -0.2) is 4.79 Å². The number of hydrogen-bond acceptors (Lipinski definition) is 2. The quantitative estimate of drug-likeness (QED) is 0.709. The van der Waals surface area contributed by atoms with Gasteiger partial charge < -0.3 is 15.5 Å². The topological polar surface area (TPSA) is 44.4 Å². The number of piperidine rings is 1. The third kappa shape index (κ3) is 2.25. The zero-order chi connectivity index (χ0) is 10.9. The van der Waals surface area contributed by atoms with Crippen molar-refractivity contribution in [2.45, 2.75) is 32.7 Å². The molecule has 86 valence electrons. The zero-order valence-electron chi connectivity index (χ0n) is 9.68. The maximum Gasteiger partial charge on any atom is 0.317 e. The minimum Gasteiger partial charge on any atom is -0.336 e. The van der Waals surface area contributed by atoms with Crippen molar-refractivity contribution in [3.8, 4) is 0 Å². The summed E-state index contributed by atoms with van der Waals surface area (Å²) in [4.78, 5) is 13.4. The van der Waals surface area contributed by atoms with Gasteiger partial charge >= 0.3 is 6.03 Å². The Kier molecular flexibility index (Phi) is 2.87. The first-order chi connectivity index (χ1) is 7.09. The fourth-order valence-corrected chi connectivity index (χ4v) is 2.49. The standard InChI is InChI=1S/C11H21N3O/c1-11(2)4-3-5-12-9(11)8-14-7-6-13-10(14)15/h9,12H,3-8H2,1-2H3,(H,13,15). The lowest BCUT2D eigenvalue weighted by atomic mass is 9.77. The van der Waals surface area contributed by atoms with Crippen LogP contribution in [-0.4, -0.2) is 43.2 Å². The second-order valence-corrected chi connectivity index (χ2v) is 5.28. The van der Waals surface area contributed by atoms with Crippen molar-refractivity contribution in [2.75, 3.05) is 26.2 Å². The summed E-state index contributed by atoms with van der Waals surface area (Å²) in [5.41, 5.74) is 0.307. The Hall–Kier alpha value is -0.770. The second-order valence-electron chi connectivity index (χ2n) is 5.28. The fraction of sp³-hybridized carbons (Fsp3) is 0.909. The molecule has 1 atom stereocenters. The minimum atomic E-state index is 0.0955. The molecule has 2 saturated heterocycles. The number of urea groups is 1. The molecule has 2 heterocycles. The molecule has 0 aromatic heterocycles. The predicted molar refractivity (Wildman–Crippen MR) is 59.8 cm³/mol. The van der Waals surface area contributed by atoms with E-state index in [2.05, 4.69) is 24.5 Å². The number of hydrogen-bond donors (Lipinski definition) is 2. The average molecular weight is 211 g/mol. The van der Waals surface area contributed by atoms with Crippen LogP contribution >= 0.6 is 0 Å². The highest BCUT2D eigenvalue weighted by Crippen LogP contribution is 2.30. The highest BCUT2D eigenvalue weighted by atomic mass is 16.2. The van der Waals surface area contributed by atoms with Gasteiger partial charge in [0.15, 0.2) is 0 Å². The van der Waals surface area contributed by atoms with Crippen LogP contribution in [0.15, 0.2) is 0 Å². The maximum atomic E-state index is 11.4. The SMILES string of the molecule is CC1(C)CCCNC1CN1CCNC1=O. The van der Waals surface area contributed by atoms with Gasteiger partial charge in [-0.3, -0.25) is 0 Å². The molecular weight excluding hydrogens is 190 g/mol. The van der Waals surface area contributed by atoms with Crippen molar-refractivity contribution in [2.24, 2.45) is 5.41 Å². The fourth-order valence-electron chi connectivity index (χ4n) is 2.49. The summed E-state index contributed by atoms with van der Waals surface area (Å²) in [6.07, 6.45) is 2.50. The average Bonchev–Trinajstić information content (AvgIpc) is 2.56. The van der Waals surface area contributed by atoms with Crippen LogP contribution in [-0.2, 0) is 0 Å². The molecule has 0 spiro atoms. The molecule has 1 unspecified atom stereocenters. The van der Waals surface area contributed by atoms with E-state index in [1.807, 2.05) is 4.90 Å². The van der Waals surface area contributed by atoms with Crippen LogP contribution in [0.4, 0.5) is 4.79 Å². The van der Waals surface area contributed by atoms with Gasteiger partial charge in [-0.2, -0.15) is 0 Å². The molecule has 2 aliphatic heterocycles. The Balaban J connectivity index is 1.94. The van der Waals surface area contributed by atoms with E-state index >= 15 is 0 Å². The van der Waals surface area contributed by atoms with Crippen molar-refractivity contribution >= 4 is 6.03 Å². The van der Waals surface area contributed by atoms with Crippen LogP contribution in [0.1, 0.15) is 26.7 Å². The molecule has 2 amide bonds. The van der Waals surface area contributed by atoms with Crippen molar-refractivity contribution in [3.63, 3.8) is 0 Å². The van der Waals surface area contributed by atoms with Crippen LogP contribution in [0.2, 0.25) is 0 Å². The van der Waals surface area contributed by atoms with E-state index < -0.39 is 0 Å². The second kappa shape index (κ2) is 4.00. The van der Waals surface area contributed by atoms with Crippen LogP contribution in [0.25, 0.3) is 0 Å². The van der Waals surface area contributed by atoms with Crippen molar-refractivity contribution in [3.05, 3.63) is 0 Å². The summed E-state index contributed by atoms with van der Waals surface area (Å²) in [7, 11) is 0. The number of carbonyl (C=O) groups is 1. The number of rotatable bonds is 2. The van der Waals surface area contributed by atoms with Gasteiger partial charge in [0.05, 0.1) is 0 Å². The molecule has 0 radical (unpaired) electrons. The predicted octanol–water partition coefficient (Wildman–Crippen LogP) is 0.790. The van der Waals surface area contributed by atoms with Gasteiger partial charge in [-0.05, 0) is 24.8 Å². The van der Waals surface area contributed by atoms with Crippen molar-refractivity contribution < 1.29 is 4.79 Å². The third-order valence-corrected chi connectivity index (χ3v) is 3.68. The smallest absolute Gasteiger partial charge is 0.317 e. The molecule has 0 saturated carbocycles. The lowest BCUT2D eigenvalue weighted by Crippen LogP contribution is -2.53. The first kappa shape index (κ1) is 10.7. The first-order valence-electron chi connectivity index (χ1n) is 5.86. The van der Waals surface area contributed by atoms with E-state index in [9.17, 15) is 4.79 Å². The molecule has 2 fully saturated rings. The molecule has 0 aromatic rings. The van der Waals surface area contributed by atoms with Crippen LogP contribution in [0.3, 0.4) is 0 Å². The number of carbonyl (C=O) groups excluding carboxylic acids is 1. The molecule has 2 rings (SSSR count). The van der Waals surface area contributed by atoms with Crippen molar-refractivity contribution in [1.29, 1.82) is 0 Å². The third-order valence-electron chi connectivity index (χ3n) is 3.68. The summed E-state index contributed by atoms with van der Waals surface area (Å²) in [5, 5.41) is 6.38. The molecule has 2 N–H and O–H groups in total. The minimum absolute atomic E-state index is 0.0955. The first-order valence-corrected chi connectivity index (χ1v) is 5.86. The Labute approximate surface area is 91.4 Å². The van der Waals surface area contributed by atoms with E-state index in [4.69, 9.17) is 0 Å². The molecule has 4 heteroatoms. The highest BCUT2D eigenvalue weighted by molar-refractivity contribution is 5.76. The Morgan fingerprint density at radius 2 is 2.27 bits per heavy atom. The monoisotopic (exact) mass is 211 g/mol. The summed E-state index contributed by atoms with van der Waals surface area (Å²) in [6, 6.07) is 0.535. The zero-order valence-corrected chi connectivity index (χ0v) is 9.68. The number of nitrogens with one attached hydrogen (secondary N) is 2. The summed E-state index contributed by atoms with van der Waals surface area (Å²) < 4.78 is 0. The highest BCUT2D eigenvalue weighted by Gasteiger charge is 2.34. The Morgan fingerprint density at radius 1 is 1.47 bits per heavy atom. The van der Waals surface area contributed by atoms with Crippen LogP contribution < -0.4 is 10.6 Å². The Morgan fingerprint density at radius 3 is 2.87 bits per heavy atom. The number of nitrogens with zero attached hydrogens (tertiary/aromatic N) is 1. The van der Waals surface area contributed by atoms with Gasteiger partial charge in [0.1, 0.15) is 0 Å². The summed E-state index contributed by atoms with van der Waals surface area (Å²) in [6.45, 7) is 8.16. The lowest BCUT2D eigenvalue weighted by Gasteiger charge is -2.41. The number of amides is 2. The molecule has 0 bridgehead atoms. The summed E-state index contributed by atoms with van der Waals surface area (Å²) >= 11 is 0. The largest absolute Gasteiger partial charge is 0.336 e. The van der Waals surface area contributed by atoms with Gasteiger partial charge in [0, 0.05) is 25.7 Å². The van der Waals surface area contributed by atoms with Crippen LogP contribution in [0.5, 0.6) is 0 Å². The van der Waals surface area contributed by atoms with Crippen LogP contribution in [0, 0.1) is 5.41 Å². The molecule has 2 aliphatic rings. The molecule has 0 aromatic carbocycles. The molecule has 4 nitrogen and oxygen atoms in total. The molecule has 0 aliphatic carbocycles. The van der Waals surface area contributed by atoms with E-state index in [0.717, 1.165) is 26.2 Å². The van der Waals surface area contributed by atoms with Gasteiger partial charge in [-0.15, -0.1) is 0 Å². The normalized spacial score (nSPS) is 30.4. The van der Waals surface area contributed by atoms with Gasteiger partial charge in [0.2, 0.25) is 0 Å². The molecule has 15 heavy (non-hydrogen) atoms. The summed E-state index contributed by atoms with van der Waals surface area (Å²) in [5.74, 6) is 0. The van der Waals surface area contributed by atoms with Gasteiger partial charge in [0.25, 0.3) is 0 Å². The van der Waals surface area contributed by atoms with E-state index in [-0.39, 0.29) is 6.03 Å². The maximum absolute atomic E-state index is 11.4. The lowest BCUT2D eigenvalue weighted by molar-refractivity contribution is 0.142.